The summed E-state index contributed by atoms with van der Waals surface area (Å²) in [5.74, 6) is 0.365. The lowest BCUT2D eigenvalue weighted by atomic mass is 10.1. The van der Waals surface area contributed by atoms with E-state index >= 15 is 0 Å². The Morgan fingerprint density at radius 2 is 1.72 bits per heavy atom. The molecule has 9 heteroatoms. The quantitative estimate of drug-likeness (QED) is 0.341. The van der Waals surface area contributed by atoms with Gasteiger partial charge in [0.25, 0.3) is 5.91 Å². The molecule has 1 saturated carbocycles. The number of aromatic nitrogens is 4. The molecule has 0 aliphatic heterocycles. The maximum atomic E-state index is 12.9. The Balaban J connectivity index is 1.31. The van der Waals surface area contributed by atoms with Crippen molar-refractivity contribution in [1.82, 2.24) is 25.1 Å². The molecule has 8 nitrogen and oxygen atoms in total. The minimum atomic E-state index is -0.230. The fraction of sp³-hybridized carbons (Fsp3) is 0.222. The van der Waals surface area contributed by atoms with Gasteiger partial charge in [-0.25, -0.2) is 0 Å². The molecular formula is C27H26N6O2S. The van der Waals surface area contributed by atoms with Crippen molar-refractivity contribution in [2.75, 3.05) is 11.1 Å². The van der Waals surface area contributed by atoms with Crippen molar-refractivity contribution in [2.24, 2.45) is 0 Å². The minimum absolute atomic E-state index is 0.108. The highest BCUT2D eigenvalue weighted by Crippen LogP contribution is 2.28. The predicted octanol–water partition coefficient (Wildman–Crippen LogP) is 4.73. The van der Waals surface area contributed by atoms with Crippen LogP contribution in [-0.2, 0) is 4.79 Å². The highest BCUT2D eigenvalue weighted by Gasteiger charge is 2.21. The van der Waals surface area contributed by atoms with Crippen LogP contribution in [0.5, 0.6) is 0 Å². The Morgan fingerprint density at radius 1 is 0.944 bits per heavy atom. The summed E-state index contributed by atoms with van der Waals surface area (Å²) in [6, 6.07) is 20.8. The van der Waals surface area contributed by atoms with E-state index in [1.807, 2.05) is 47.0 Å². The van der Waals surface area contributed by atoms with Crippen LogP contribution in [0.1, 0.15) is 36.0 Å². The number of benzene rings is 2. The molecule has 4 aromatic rings. The van der Waals surface area contributed by atoms with Gasteiger partial charge in [0.2, 0.25) is 5.91 Å². The molecule has 36 heavy (non-hydrogen) atoms. The highest BCUT2D eigenvalue weighted by molar-refractivity contribution is 7.99. The van der Waals surface area contributed by atoms with Crippen molar-refractivity contribution in [3.05, 3.63) is 84.7 Å². The van der Waals surface area contributed by atoms with E-state index < -0.39 is 0 Å². The summed E-state index contributed by atoms with van der Waals surface area (Å²) >= 11 is 1.28. The lowest BCUT2D eigenvalue weighted by Gasteiger charge is -2.15. The maximum absolute atomic E-state index is 12.9. The minimum Gasteiger partial charge on any atom is -0.349 e. The van der Waals surface area contributed by atoms with E-state index in [1.54, 1.807) is 36.7 Å². The summed E-state index contributed by atoms with van der Waals surface area (Å²) in [7, 11) is 0. The monoisotopic (exact) mass is 498 g/mol. The maximum Gasteiger partial charge on any atom is 0.253 e. The molecule has 2 heterocycles. The topological polar surface area (TPSA) is 102 Å². The zero-order valence-corrected chi connectivity index (χ0v) is 20.4. The molecule has 1 fully saturated rings. The third kappa shape index (κ3) is 5.46. The van der Waals surface area contributed by atoms with Gasteiger partial charge in [-0.1, -0.05) is 54.9 Å². The van der Waals surface area contributed by atoms with Crippen LogP contribution in [0, 0.1) is 0 Å². The second-order valence-corrected chi connectivity index (χ2v) is 9.50. The summed E-state index contributed by atoms with van der Waals surface area (Å²) in [6.45, 7) is 0. The van der Waals surface area contributed by atoms with Gasteiger partial charge >= 0.3 is 0 Å². The number of para-hydroxylation sites is 2. The second-order valence-electron chi connectivity index (χ2n) is 8.56. The fourth-order valence-corrected chi connectivity index (χ4v) is 5.05. The standard InChI is InChI=1S/C27H26N6O2S/c34-24(30-23-15-7-6-14-22(23)26(35)29-20-10-4-5-11-20)18-36-27-32-31-25(19-9-8-16-28-17-19)33(27)21-12-2-1-3-13-21/h1-3,6-9,12-17,20H,4-5,10-11,18H2,(H,29,35)(H,30,34). The molecule has 2 N–H and O–H groups in total. The fourth-order valence-electron chi connectivity index (χ4n) is 4.30. The molecule has 5 rings (SSSR count). The van der Waals surface area contributed by atoms with E-state index in [1.165, 1.54) is 11.8 Å². The average molecular weight is 499 g/mol. The van der Waals surface area contributed by atoms with Crippen LogP contribution in [-0.4, -0.2) is 43.4 Å². The van der Waals surface area contributed by atoms with Gasteiger partial charge in [-0.05, 0) is 49.2 Å². The molecule has 0 atom stereocenters. The van der Waals surface area contributed by atoms with Crippen molar-refractivity contribution >= 4 is 29.3 Å². The number of amides is 2. The Morgan fingerprint density at radius 3 is 2.50 bits per heavy atom. The van der Waals surface area contributed by atoms with Crippen LogP contribution in [0.25, 0.3) is 17.1 Å². The van der Waals surface area contributed by atoms with Crippen LogP contribution >= 0.6 is 11.8 Å². The summed E-state index contributed by atoms with van der Waals surface area (Å²) in [4.78, 5) is 29.9. The molecule has 0 bridgehead atoms. The number of thioether (sulfide) groups is 1. The number of anilines is 1. The molecule has 2 aromatic heterocycles. The Labute approximate surface area is 213 Å². The second kappa shape index (κ2) is 11.2. The molecule has 0 spiro atoms. The summed E-state index contributed by atoms with van der Waals surface area (Å²) in [6.07, 6.45) is 7.71. The molecule has 1 aliphatic carbocycles. The van der Waals surface area contributed by atoms with Crippen LogP contribution in [0.2, 0.25) is 0 Å². The third-order valence-corrected chi connectivity index (χ3v) is 6.96. The molecule has 0 radical (unpaired) electrons. The molecular weight excluding hydrogens is 472 g/mol. The molecule has 182 valence electrons. The van der Waals surface area contributed by atoms with Crippen molar-refractivity contribution in [3.63, 3.8) is 0 Å². The smallest absolute Gasteiger partial charge is 0.253 e. The SMILES string of the molecule is O=C(CSc1nnc(-c2cccnc2)n1-c1ccccc1)Nc1ccccc1C(=O)NC1CCCC1. The van der Waals surface area contributed by atoms with E-state index in [4.69, 9.17) is 0 Å². The molecule has 1 aliphatic rings. The number of carbonyl (C=O) groups is 2. The number of nitrogens with one attached hydrogen (secondary N) is 2. The summed E-state index contributed by atoms with van der Waals surface area (Å²) in [5.41, 5.74) is 2.68. The number of hydrogen-bond acceptors (Lipinski definition) is 6. The van der Waals surface area contributed by atoms with Gasteiger partial charge in [0.15, 0.2) is 11.0 Å². The summed E-state index contributed by atoms with van der Waals surface area (Å²) < 4.78 is 1.91. The molecule has 0 unspecified atom stereocenters. The van der Waals surface area contributed by atoms with E-state index in [2.05, 4.69) is 25.8 Å². The largest absolute Gasteiger partial charge is 0.349 e. The third-order valence-electron chi connectivity index (χ3n) is 6.04. The van der Waals surface area contributed by atoms with Gasteiger partial charge in [0.05, 0.1) is 17.0 Å². The first-order chi connectivity index (χ1) is 17.7. The van der Waals surface area contributed by atoms with Crippen LogP contribution in [0.15, 0.2) is 84.3 Å². The van der Waals surface area contributed by atoms with Crippen LogP contribution in [0.4, 0.5) is 5.69 Å². The van der Waals surface area contributed by atoms with Gasteiger partial charge in [0.1, 0.15) is 0 Å². The first-order valence-corrected chi connectivity index (χ1v) is 12.9. The number of pyridine rings is 1. The lowest BCUT2D eigenvalue weighted by molar-refractivity contribution is -0.113. The molecule has 2 aromatic carbocycles. The zero-order chi connectivity index (χ0) is 24.7. The van der Waals surface area contributed by atoms with E-state index in [0.29, 0.717) is 22.2 Å². The van der Waals surface area contributed by atoms with E-state index in [9.17, 15) is 9.59 Å². The predicted molar refractivity (Wildman–Crippen MR) is 140 cm³/mol. The average Bonchev–Trinajstić information content (AvgIpc) is 3.59. The van der Waals surface area contributed by atoms with Gasteiger partial charge in [0, 0.05) is 29.7 Å². The molecule has 2 amide bonds. The van der Waals surface area contributed by atoms with Gasteiger partial charge in [-0.3, -0.25) is 19.1 Å². The van der Waals surface area contributed by atoms with E-state index in [-0.39, 0.29) is 23.6 Å². The number of nitrogens with zero attached hydrogens (tertiary/aromatic N) is 4. The van der Waals surface area contributed by atoms with E-state index in [0.717, 1.165) is 36.9 Å². The van der Waals surface area contributed by atoms with Crippen LogP contribution in [0.3, 0.4) is 0 Å². The van der Waals surface area contributed by atoms with Crippen molar-refractivity contribution in [2.45, 2.75) is 36.9 Å². The molecule has 0 saturated heterocycles. The Hall–Kier alpha value is -3.98. The first kappa shape index (κ1) is 23.7. The van der Waals surface area contributed by atoms with Crippen molar-refractivity contribution in [3.8, 4) is 17.1 Å². The number of rotatable bonds is 8. The van der Waals surface area contributed by atoms with Gasteiger partial charge < -0.3 is 10.6 Å². The number of hydrogen-bond donors (Lipinski definition) is 2. The van der Waals surface area contributed by atoms with Gasteiger partial charge in [-0.15, -0.1) is 10.2 Å². The highest BCUT2D eigenvalue weighted by atomic mass is 32.2. The van der Waals surface area contributed by atoms with Crippen LogP contribution < -0.4 is 10.6 Å². The summed E-state index contributed by atoms with van der Waals surface area (Å²) in [5, 5.41) is 15.3. The van der Waals surface area contributed by atoms with Crippen molar-refractivity contribution < 1.29 is 9.59 Å². The first-order valence-electron chi connectivity index (χ1n) is 11.9. The zero-order valence-electron chi connectivity index (χ0n) is 19.6. The van der Waals surface area contributed by atoms with Gasteiger partial charge in [-0.2, -0.15) is 0 Å². The lowest BCUT2D eigenvalue weighted by Crippen LogP contribution is -2.33. The van der Waals surface area contributed by atoms with Crippen molar-refractivity contribution in [1.29, 1.82) is 0 Å². The number of carbonyl (C=O) groups excluding carboxylic acids is 2. The normalized spacial score (nSPS) is 13.4. The Kier molecular flexibility index (Phi) is 7.37. The Bertz CT molecular complexity index is 1340.